The van der Waals surface area contributed by atoms with Gasteiger partial charge in [-0.25, -0.2) is 4.98 Å². The molecule has 6 heteroatoms. The Morgan fingerprint density at radius 1 is 1.10 bits per heavy atom. The van der Waals surface area contributed by atoms with Crippen molar-refractivity contribution in [2.24, 2.45) is 0 Å². The Labute approximate surface area is 181 Å². The van der Waals surface area contributed by atoms with Crippen LogP contribution in [0, 0.1) is 6.92 Å². The van der Waals surface area contributed by atoms with Gasteiger partial charge in [0.2, 0.25) is 0 Å². The Bertz CT molecular complexity index is 978. The maximum atomic E-state index is 12.6. The summed E-state index contributed by atoms with van der Waals surface area (Å²) in [5.74, 6) is 0.663. The summed E-state index contributed by atoms with van der Waals surface area (Å²) in [6.07, 6.45) is 2.63. The Hall–Kier alpha value is -2.70. The highest BCUT2D eigenvalue weighted by atomic mass is 32.1. The summed E-state index contributed by atoms with van der Waals surface area (Å²) in [6.45, 7) is 6.49. The molecule has 1 amide bonds. The van der Waals surface area contributed by atoms with Gasteiger partial charge in [-0.2, -0.15) is 0 Å². The Morgan fingerprint density at radius 2 is 1.83 bits per heavy atom. The first-order valence-electron chi connectivity index (χ1n) is 10.5. The molecule has 0 unspecified atom stereocenters. The van der Waals surface area contributed by atoms with Crippen molar-refractivity contribution < 1.29 is 14.4 Å². The molecule has 3 aromatic rings. The third-order valence-electron chi connectivity index (χ3n) is 5.48. The highest BCUT2D eigenvalue weighted by Crippen LogP contribution is 2.16. The summed E-state index contributed by atoms with van der Waals surface area (Å²) in [7, 11) is 0. The van der Waals surface area contributed by atoms with Gasteiger partial charge in [-0.05, 0) is 36.8 Å². The highest BCUT2D eigenvalue weighted by Gasteiger charge is 2.17. The van der Waals surface area contributed by atoms with Crippen LogP contribution in [0.15, 0.2) is 53.9 Å². The smallest absolute Gasteiger partial charge is 0.251 e. The monoisotopic (exact) mass is 422 g/mol. The molecular weight excluding hydrogens is 394 g/mol. The minimum absolute atomic E-state index is 0.0694. The largest absolute Gasteiger partial charge is 0.487 e. The average Bonchev–Trinajstić information content (AvgIpc) is 3.43. The van der Waals surface area contributed by atoms with Gasteiger partial charge in [-0.3, -0.25) is 4.79 Å². The Morgan fingerprint density at radius 3 is 2.53 bits per heavy atom. The summed E-state index contributed by atoms with van der Waals surface area (Å²) in [5, 5.41) is 6.09. The van der Waals surface area contributed by atoms with Crippen molar-refractivity contribution >= 4 is 17.2 Å². The molecule has 1 aromatic heterocycles. The summed E-state index contributed by atoms with van der Waals surface area (Å²) < 4.78 is 5.76. The van der Waals surface area contributed by atoms with E-state index < -0.39 is 0 Å². The fourth-order valence-electron chi connectivity index (χ4n) is 3.84. The van der Waals surface area contributed by atoms with E-state index in [2.05, 4.69) is 28.5 Å². The van der Waals surface area contributed by atoms with Gasteiger partial charge in [-0.15, -0.1) is 11.3 Å². The second-order valence-corrected chi connectivity index (χ2v) is 8.82. The number of hydrogen-bond donors (Lipinski definition) is 2. The molecule has 2 heterocycles. The van der Waals surface area contributed by atoms with Crippen molar-refractivity contribution in [1.82, 2.24) is 10.3 Å². The molecule has 5 nitrogen and oxygen atoms in total. The summed E-state index contributed by atoms with van der Waals surface area (Å²) in [5.41, 5.74) is 4.09. The Kier molecular flexibility index (Phi) is 6.77. The number of carbonyl (C=O) groups excluding carboxylic acids is 1. The number of carbonyl (C=O) groups is 1. The maximum absolute atomic E-state index is 12.6. The molecule has 2 N–H and O–H groups in total. The van der Waals surface area contributed by atoms with Gasteiger partial charge in [0.05, 0.1) is 23.8 Å². The topological polar surface area (TPSA) is 55.7 Å². The Balaban J connectivity index is 1.31. The van der Waals surface area contributed by atoms with Crippen LogP contribution in [-0.4, -0.2) is 24.0 Å². The lowest BCUT2D eigenvalue weighted by Crippen LogP contribution is -3.08. The van der Waals surface area contributed by atoms with Crippen LogP contribution < -0.4 is 15.0 Å². The number of benzene rings is 2. The predicted octanol–water partition coefficient (Wildman–Crippen LogP) is 3.14. The van der Waals surface area contributed by atoms with Crippen molar-refractivity contribution in [3.8, 4) is 5.75 Å². The van der Waals surface area contributed by atoms with Gasteiger partial charge in [-0.1, -0.05) is 24.3 Å². The molecule has 0 spiro atoms. The van der Waals surface area contributed by atoms with E-state index in [1.807, 2.05) is 30.5 Å². The molecule has 1 aliphatic heterocycles. The van der Waals surface area contributed by atoms with Crippen molar-refractivity contribution in [3.05, 3.63) is 81.3 Å². The van der Waals surface area contributed by atoms with Crippen LogP contribution in [-0.2, 0) is 19.7 Å². The van der Waals surface area contributed by atoms with Gasteiger partial charge in [0.1, 0.15) is 18.9 Å². The molecule has 0 radical (unpaired) electrons. The number of aromatic nitrogens is 1. The second-order valence-electron chi connectivity index (χ2n) is 7.76. The van der Waals surface area contributed by atoms with Gasteiger partial charge >= 0.3 is 0 Å². The summed E-state index contributed by atoms with van der Waals surface area (Å²) in [4.78, 5) is 18.6. The minimum Gasteiger partial charge on any atom is -0.487 e. The first kappa shape index (κ1) is 20.6. The van der Waals surface area contributed by atoms with Gasteiger partial charge in [0.15, 0.2) is 0 Å². The van der Waals surface area contributed by atoms with E-state index in [9.17, 15) is 4.79 Å². The van der Waals surface area contributed by atoms with E-state index in [-0.39, 0.29) is 5.91 Å². The van der Waals surface area contributed by atoms with E-state index in [1.165, 1.54) is 37.1 Å². The number of thiazole rings is 1. The molecule has 2 aromatic carbocycles. The van der Waals surface area contributed by atoms with Crippen LogP contribution in [0.2, 0.25) is 0 Å². The van der Waals surface area contributed by atoms with Gasteiger partial charge in [0, 0.05) is 35.9 Å². The minimum atomic E-state index is -0.0694. The number of nitrogens with one attached hydrogen (secondary N) is 2. The molecule has 30 heavy (non-hydrogen) atoms. The van der Waals surface area contributed by atoms with Crippen LogP contribution in [0.3, 0.4) is 0 Å². The van der Waals surface area contributed by atoms with E-state index in [0.29, 0.717) is 18.7 Å². The first-order chi connectivity index (χ1) is 14.7. The fourth-order valence-corrected chi connectivity index (χ4v) is 4.43. The standard InChI is InChI=1S/C24H27N3O2S/c1-18-26-22(17-30-18)16-29-23-10-8-19(9-11-23)24(28)25-14-20-6-2-3-7-21(20)15-27-12-4-5-13-27/h2-3,6-11,17H,4-5,12-16H2,1H3,(H,25,28)/p+1. The lowest BCUT2D eigenvalue weighted by Gasteiger charge is -2.15. The number of quaternary nitrogens is 1. The maximum Gasteiger partial charge on any atom is 0.251 e. The third kappa shape index (κ3) is 5.46. The van der Waals surface area contributed by atoms with Crippen LogP contribution >= 0.6 is 11.3 Å². The number of ether oxygens (including phenoxy) is 1. The zero-order valence-electron chi connectivity index (χ0n) is 17.3. The van der Waals surface area contributed by atoms with E-state index >= 15 is 0 Å². The molecule has 1 saturated heterocycles. The molecule has 1 fully saturated rings. The molecule has 4 rings (SSSR count). The number of nitrogens with zero attached hydrogens (tertiary/aromatic N) is 1. The first-order valence-corrected chi connectivity index (χ1v) is 11.4. The molecule has 0 bridgehead atoms. The van der Waals surface area contributed by atoms with E-state index in [4.69, 9.17) is 4.74 Å². The van der Waals surface area contributed by atoms with Crippen LogP contribution in [0.25, 0.3) is 0 Å². The molecule has 1 aliphatic rings. The van der Waals surface area contributed by atoms with Crippen molar-refractivity contribution in [2.75, 3.05) is 13.1 Å². The zero-order chi connectivity index (χ0) is 20.8. The van der Waals surface area contributed by atoms with Crippen LogP contribution in [0.5, 0.6) is 5.75 Å². The molecular formula is C24H28N3O2S+. The van der Waals surface area contributed by atoms with E-state index in [0.717, 1.165) is 23.0 Å². The van der Waals surface area contributed by atoms with Gasteiger partial charge in [0.25, 0.3) is 5.91 Å². The van der Waals surface area contributed by atoms with Crippen molar-refractivity contribution in [1.29, 1.82) is 0 Å². The SMILES string of the molecule is Cc1nc(COc2ccc(C(=O)NCc3ccccc3C[NH+]3CCCC3)cc2)cs1. The average molecular weight is 423 g/mol. The third-order valence-corrected chi connectivity index (χ3v) is 6.30. The van der Waals surface area contributed by atoms with Gasteiger partial charge < -0.3 is 15.0 Å². The van der Waals surface area contributed by atoms with E-state index in [1.54, 1.807) is 28.4 Å². The molecule has 0 saturated carbocycles. The summed E-state index contributed by atoms with van der Waals surface area (Å²) in [6, 6.07) is 15.7. The second kappa shape index (κ2) is 9.87. The molecule has 0 atom stereocenters. The lowest BCUT2D eigenvalue weighted by atomic mass is 10.1. The quantitative estimate of drug-likeness (QED) is 0.586. The highest BCUT2D eigenvalue weighted by molar-refractivity contribution is 7.09. The number of aryl methyl sites for hydroxylation is 1. The number of hydrogen-bond acceptors (Lipinski definition) is 4. The predicted molar refractivity (Wildman–Crippen MR) is 119 cm³/mol. The number of amides is 1. The fraction of sp³-hybridized carbons (Fsp3) is 0.333. The lowest BCUT2D eigenvalue weighted by molar-refractivity contribution is -0.901. The van der Waals surface area contributed by atoms with Crippen molar-refractivity contribution in [3.63, 3.8) is 0 Å². The van der Waals surface area contributed by atoms with Crippen LogP contribution in [0.1, 0.15) is 45.0 Å². The number of likely N-dealkylation sites (tertiary alicyclic amines) is 1. The summed E-state index contributed by atoms with van der Waals surface area (Å²) >= 11 is 1.61. The zero-order valence-corrected chi connectivity index (χ0v) is 18.1. The van der Waals surface area contributed by atoms with Crippen molar-refractivity contribution in [2.45, 2.75) is 39.5 Å². The normalized spacial score (nSPS) is 14.0. The molecule has 0 aliphatic carbocycles. The van der Waals surface area contributed by atoms with Crippen LogP contribution in [0.4, 0.5) is 0 Å². The number of rotatable bonds is 8. The molecule has 156 valence electrons.